The van der Waals surface area contributed by atoms with Gasteiger partial charge >= 0.3 is 0 Å². The summed E-state index contributed by atoms with van der Waals surface area (Å²) in [6.45, 7) is 2.65. The molecular formula is C16H19N2O3S-. The van der Waals surface area contributed by atoms with E-state index in [0.717, 1.165) is 16.9 Å². The Labute approximate surface area is 133 Å². The quantitative estimate of drug-likeness (QED) is 0.831. The molecule has 0 aliphatic rings. The molecule has 6 heteroatoms. The zero-order valence-electron chi connectivity index (χ0n) is 12.8. The van der Waals surface area contributed by atoms with Gasteiger partial charge in [-0.3, -0.25) is 4.21 Å². The smallest absolute Gasteiger partial charge is 0.132 e. The number of hydrogen-bond acceptors (Lipinski definition) is 4. The Bertz CT molecular complexity index is 674. The summed E-state index contributed by atoms with van der Waals surface area (Å²) in [6, 6.07) is 13.0. The van der Waals surface area contributed by atoms with Crippen LogP contribution in [0.4, 0.5) is 5.69 Å². The monoisotopic (exact) mass is 319 g/mol. The van der Waals surface area contributed by atoms with Gasteiger partial charge in [0.25, 0.3) is 0 Å². The highest BCUT2D eigenvalue weighted by Gasteiger charge is 2.08. The topological polar surface area (TPSA) is 64.6 Å². The lowest BCUT2D eigenvalue weighted by Crippen LogP contribution is -2.12. The van der Waals surface area contributed by atoms with Crippen LogP contribution in [0, 0.1) is 6.92 Å². The van der Waals surface area contributed by atoms with Crippen LogP contribution in [0.1, 0.15) is 11.1 Å². The first-order valence-electron chi connectivity index (χ1n) is 6.82. The molecule has 0 spiro atoms. The summed E-state index contributed by atoms with van der Waals surface area (Å²) in [5.74, 6) is 1.47. The van der Waals surface area contributed by atoms with Gasteiger partial charge in [-0.25, -0.2) is 0 Å². The van der Waals surface area contributed by atoms with Crippen molar-refractivity contribution in [3.05, 3.63) is 53.6 Å². The fourth-order valence-electron chi connectivity index (χ4n) is 2.11. The van der Waals surface area contributed by atoms with Crippen LogP contribution < -0.4 is 9.46 Å². The molecule has 0 aromatic heterocycles. The molecule has 118 valence electrons. The lowest BCUT2D eigenvalue weighted by Gasteiger charge is -2.17. The number of benzene rings is 2. The molecule has 2 aromatic carbocycles. The number of nitrogens with zero attached hydrogens (tertiary/aromatic N) is 1. The van der Waals surface area contributed by atoms with Gasteiger partial charge in [0.05, 0.1) is 0 Å². The zero-order valence-corrected chi connectivity index (χ0v) is 13.6. The van der Waals surface area contributed by atoms with E-state index in [-0.39, 0.29) is 0 Å². The van der Waals surface area contributed by atoms with Crippen LogP contribution in [0.15, 0.2) is 42.5 Å². The third-order valence-electron chi connectivity index (χ3n) is 2.97. The number of ether oxygens (including phenoxy) is 1. The van der Waals surface area contributed by atoms with Crippen molar-refractivity contribution in [3.8, 4) is 11.5 Å². The van der Waals surface area contributed by atoms with E-state index in [1.165, 1.54) is 0 Å². The molecular weight excluding hydrogens is 300 g/mol. The van der Waals surface area contributed by atoms with Gasteiger partial charge in [-0.1, -0.05) is 12.1 Å². The van der Waals surface area contributed by atoms with E-state index in [1.807, 2.05) is 50.2 Å². The second-order valence-corrected chi connectivity index (χ2v) is 5.99. The summed E-state index contributed by atoms with van der Waals surface area (Å²) < 4.78 is 29.8. The van der Waals surface area contributed by atoms with E-state index in [9.17, 15) is 8.76 Å². The van der Waals surface area contributed by atoms with Crippen molar-refractivity contribution in [2.75, 3.05) is 18.8 Å². The molecule has 0 saturated carbocycles. The Balaban J connectivity index is 2.30. The van der Waals surface area contributed by atoms with Gasteiger partial charge < -0.3 is 18.9 Å². The second kappa shape index (κ2) is 7.40. The van der Waals surface area contributed by atoms with Gasteiger partial charge in [-0.15, -0.1) is 0 Å². The van der Waals surface area contributed by atoms with Gasteiger partial charge in [-0.05, 0) is 56.9 Å². The number of aryl methyl sites for hydroxylation is 1. The maximum Gasteiger partial charge on any atom is 0.132 e. The predicted molar refractivity (Wildman–Crippen MR) is 87.6 cm³/mol. The van der Waals surface area contributed by atoms with Crippen molar-refractivity contribution >= 4 is 17.0 Å². The molecule has 2 aromatic rings. The normalized spacial score (nSPS) is 12.2. The Morgan fingerprint density at radius 1 is 1.23 bits per heavy atom. The van der Waals surface area contributed by atoms with Crippen molar-refractivity contribution in [3.63, 3.8) is 0 Å². The molecule has 1 unspecified atom stereocenters. The SMILES string of the molecule is Cc1cccc(Oc2ccc(NS(=O)[O-])cc2CN(C)C)c1. The molecule has 1 N–H and O–H groups in total. The van der Waals surface area contributed by atoms with Crippen molar-refractivity contribution in [2.24, 2.45) is 0 Å². The van der Waals surface area contributed by atoms with E-state index in [0.29, 0.717) is 18.0 Å². The summed E-state index contributed by atoms with van der Waals surface area (Å²) in [4.78, 5) is 2.00. The first-order valence-corrected chi connectivity index (χ1v) is 7.89. The van der Waals surface area contributed by atoms with E-state index in [4.69, 9.17) is 4.74 Å². The largest absolute Gasteiger partial charge is 0.755 e. The predicted octanol–water partition coefficient (Wildman–Crippen LogP) is 3.05. The summed E-state index contributed by atoms with van der Waals surface area (Å²) in [7, 11) is 3.89. The maximum atomic E-state index is 10.8. The Morgan fingerprint density at radius 3 is 2.64 bits per heavy atom. The van der Waals surface area contributed by atoms with Gasteiger partial charge in [0, 0.05) is 29.1 Å². The Hall–Kier alpha value is -1.89. The van der Waals surface area contributed by atoms with Gasteiger partial charge in [-0.2, -0.15) is 0 Å². The third kappa shape index (κ3) is 4.84. The molecule has 5 nitrogen and oxygen atoms in total. The lowest BCUT2D eigenvalue weighted by atomic mass is 10.1. The molecule has 2 rings (SSSR count). The van der Waals surface area contributed by atoms with Crippen molar-refractivity contribution in [1.29, 1.82) is 0 Å². The van der Waals surface area contributed by atoms with Gasteiger partial charge in [0.1, 0.15) is 11.5 Å². The molecule has 0 radical (unpaired) electrons. The average Bonchev–Trinajstić information content (AvgIpc) is 2.40. The Kier molecular flexibility index (Phi) is 5.54. The van der Waals surface area contributed by atoms with Crippen molar-refractivity contribution in [1.82, 2.24) is 4.90 Å². The number of nitrogens with one attached hydrogen (secondary N) is 1. The third-order valence-corrected chi connectivity index (χ3v) is 3.37. The average molecular weight is 319 g/mol. The van der Waals surface area contributed by atoms with Crippen LogP contribution >= 0.6 is 0 Å². The van der Waals surface area contributed by atoms with Crippen molar-refractivity contribution < 1.29 is 13.5 Å². The van der Waals surface area contributed by atoms with Crippen molar-refractivity contribution in [2.45, 2.75) is 13.5 Å². The highest BCUT2D eigenvalue weighted by molar-refractivity contribution is 7.80. The molecule has 0 aliphatic heterocycles. The number of rotatable bonds is 6. The fraction of sp³-hybridized carbons (Fsp3) is 0.250. The number of anilines is 1. The maximum absolute atomic E-state index is 10.8. The first-order chi connectivity index (χ1) is 10.4. The minimum absolute atomic E-state index is 0.516. The highest BCUT2D eigenvalue weighted by atomic mass is 32.2. The Morgan fingerprint density at radius 2 is 2.00 bits per heavy atom. The minimum atomic E-state index is -2.34. The van der Waals surface area contributed by atoms with Gasteiger partial charge in [0.15, 0.2) is 0 Å². The minimum Gasteiger partial charge on any atom is -0.755 e. The molecule has 0 amide bonds. The molecule has 0 heterocycles. The molecule has 0 aliphatic carbocycles. The van der Waals surface area contributed by atoms with E-state index < -0.39 is 11.3 Å². The van der Waals surface area contributed by atoms with Crippen LogP contribution in [0.2, 0.25) is 0 Å². The zero-order chi connectivity index (χ0) is 16.1. The van der Waals surface area contributed by atoms with Crippen LogP contribution in [-0.4, -0.2) is 27.8 Å². The number of hydrogen-bond donors (Lipinski definition) is 1. The highest BCUT2D eigenvalue weighted by Crippen LogP contribution is 2.29. The van der Waals surface area contributed by atoms with E-state index in [1.54, 1.807) is 18.2 Å². The molecule has 0 saturated heterocycles. The summed E-state index contributed by atoms with van der Waals surface area (Å²) in [6.07, 6.45) is 0. The first kappa shape index (κ1) is 16.5. The van der Waals surface area contributed by atoms with Crippen LogP contribution in [0.3, 0.4) is 0 Å². The molecule has 0 fully saturated rings. The standard InChI is InChI=1S/C16H20N2O3S/c1-12-5-4-6-15(9-12)21-16-8-7-14(17-22(19)20)10-13(16)11-18(2)3/h4-10,17H,11H2,1-3H3,(H,19,20)/p-1. The fourth-order valence-corrected chi connectivity index (χ4v) is 2.43. The summed E-state index contributed by atoms with van der Waals surface area (Å²) in [5, 5.41) is 0. The molecule has 0 bridgehead atoms. The molecule has 22 heavy (non-hydrogen) atoms. The molecule has 1 atom stereocenters. The summed E-state index contributed by atoms with van der Waals surface area (Å²) >= 11 is -2.34. The summed E-state index contributed by atoms with van der Waals surface area (Å²) in [5.41, 5.74) is 2.54. The lowest BCUT2D eigenvalue weighted by molar-refractivity contribution is 0.388. The van der Waals surface area contributed by atoms with Crippen LogP contribution in [0.25, 0.3) is 0 Å². The second-order valence-electron chi connectivity index (χ2n) is 5.32. The van der Waals surface area contributed by atoms with Crippen LogP contribution in [0.5, 0.6) is 11.5 Å². The van der Waals surface area contributed by atoms with E-state index in [2.05, 4.69) is 4.72 Å². The van der Waals surface area contributed by atoms with Gasteiger partial charge in [0.2, 0.25) is 0 Å². The van der Waals surface area contributed by atoms with E-state index >= 15 is 0 Å². The van der Waals surface area contributed by atoms with Crippen LogP contribution in [-0.2, 0) is 17.8 Å².